The second-order valence-corrected chi connectivity index (χ2v) is 8.82. The Labute approximate surface area is 147 Å². The van der Waals surface area contributed by atoms with Crippen LogP contribution in [0.3, 0.4) is 0 Å². The third-order valence-corrected chi connectivity index (χ3v) is 7.49. The highest BCUT2D eigenvalue weighted by Crippen LogP contribution is 2.40. The summed E-state index contributed by atoms with van der Waals surface area (Å²) < 4.78 is 38.8. The fraction of sp³-hybridized carbons (Fsp3) is 0.500. The summed E-state index contributed by atoms with van der Waals surface area (Å²) in [6, 6.07) is 8.11. The van der Waals surface area contributed by atoms with Gasteiger partial charge in [-0.2, -0.15) is 4.31 Å². The molecule has 2 aliphatic heterocycles. The fourth-order valence-electron chi connectivity index (χ4n) is 3.91. The molecular weight excluding hydrogens is 340 g/mol. The molecule has 0 atom stereocenters. The molecule has 4 rings (SSSR count). The SMILES string of the molecule is Cc1noc(C)c1S(=O)(=O)N1CCC2(CCc3ccccc3O2)CC1. The van der Waals surface area contributed by atoms with Gasteiger partial charge in [-0.25, -0.2) is 8.42 Å². The number of piperidine rings is 1. The largest absolute Gasteiger partial charge is 0.487 e. The van der Waals surface area contributed by atoms with Crippen molar-refractivity contribution < 1.29 is 17.7 Å². The van der Waals surface area contributed by atoms with Gasteiger partial charge in [0.1, 0.15) is 21.9 Å². The first kappa shape index (κ1) is 16.6. The van der Waals surface area contributed by atoms with Crippen molar-refractivity contribution in [3.05, 3.63) is 41.3 Å². The molecule has 6 nitrogen and oxygen atoms in total. The van der Waals surface area contributed by atoms with Gasteiger partial charge in [-0.1, -0.05) is 23.4 Å². The lowest BCUT2D eigenvalue weighted by molar-refractivity contribution is 0.00180. The van der Waals surface area contributed by atoms with Crippen molar-refractivity contribution in [2.75, 3.05) is 13.1 Å². The third-order valence-electron chi connectivity index (χ3n) is 5.35. The molecule has 134 valence electrons. The van der Waals surface area contributed by atoms with Crippen LogP contribution in [0, 0.1) is 13.8 Å². The first-order valence-electron chi connectivity index (χ1n) is 8.61. The molecule has 2 aromatic rings. The first-order chi connectivity index (χ1) is 11.9. The number of para-hydroxylation sites is 1. The zero-order valence-electron chi connectivity index (χ0n) is 14.5. The normalized spacial score (nSPS) is 20.2. The number of benzene rings is 1. The van der Waals surface area contributed by atoms with Crippen molar-refractivity contribution in [2.24, 2.45) is 0 Å². The minimum absolute atomic E-state index is 0.207. The number of nitrogens with zero attached hydrogens (tertiary/aromatic N) is 2. The molecule has 25 heavy (non-hydrogen) atoms. The molecule has 0 N–H and O–H groups in total. The Bertz CT molecular complexity index is 876. The van der Waals surface area contributed by atoms with Crippen LogP contribution in [0.2, 0.25) is 0 Å². The second-order valence-electron chi connectivity index (χ2n) is 6.95. The molecule has 7 heteroatoms. The lowest BCUT2D eigenvalue weighted by Gasteiger charge is -2.44. The molecule has 0 radical (unpaired) electrons. The van der Waals surface area contributed by atoms with Crippen molar-refractivity contribution in [1.82, 2.24) is 9.46 Å². The number of hydrogen-bond donors (Lipinski definition) is 0. The molecule has 3 heterocycles. The minimum Gasteiger partial charge on any atom is -0.487 e. The van der Waals surface area contributed by atoms with Crippen molar-refractivity contribution in [2.45, 2.75) is 50.0 Å². The summed E-state index contributed by atoms with van der Waals surface area (Å²) in [6.45, 7) is 4.21. The number of aromatic nitrogens is 1. The molecule has 1 fully saturated rings. The van der Waals surface area contributed by atoms with Crippen molar-refractivity contribution in [3.8, 4) is 5.75 Å². The Morgan fingerprint density at radius 3 is 2.52 bits per heavy atom. The van der Waals surface area contributed by atoms with Gasteiger partial charge in [0.2, 0.25) is 10.0 Å². The maximum atomic E-state index is 12.9. The van der Waals surface area contributed by atoms with E-state index in [0.717, 1.165) is 18.6 Å². The number of hydrogen-bond acceptors (Lipinski definition) is 5. The van der Waals surface area contributed by atoms with Gasteiger partial charge in [-0.05, 0) is 38.3 Å². The highest BCUT2D eigenvalue weighted by molar-refractivity contribution is 7.89. The van der Waals surface area contributed by atoms with Crippen LogP contribution in [-0.4, -0.2) is 36.6 Å². The van der Waals surface area contributed by atoms with Crippen LogP contribution in [-0.2, 0) is 16.4 Å². The number of rotatable bonds is 2. The monoisotopic (exact) mass is 362 g/mol. The maximum absolute atomic E-state index is 12.9. The summed E-state index contributed by atoms with van der Waals surface area (Å²) in [5.41, 5.74) is 1.40. The molecule has 0 aliphatic carbocycles. The average molecular weight is 362 g/mol. The molecule has 0 saturated carbocycles. The van der Waals surface area contributed by atoms with Crippen LogP contribution in [0.15, 0.2) is 33.7 Å². The smallest absolute Gasteiger partial charge is 0.248 e. The van der Waals surface area contributed by atoms with E-state index in [2.05, 4.69) is 11.2 Å². The lowest BCUT2D eigenvalue weighted by atomic mass is 9.84. The Hall–Kier alpha value is -1.86. The second kappa shape index (κ2) is 5.85. The van der Waals surface area contributed by atoms with Gasteiger partial charge in [0, 0.05) is 25.9 Å². The molecule has 0 amide bonds. The molecule has 1 aromatic heterocycles. The van der Waals surface area contributed by atoms with Gasteiger partial charge < -0.3 is 9.26 Å². The van der Waals surface area contributed by atoms with Crippen LogP contribution in [0.25, 0.3) is 0 Å². The first-order valence-corrected chi connectivity index (χ1v) is 10.1. The van der Waals surface area contributed by atoms with Gasteiger partial charge in [0.25, 0.3) is 0 Å². The topological polar surface area (TPSA) is 72.6 Å². The van der Waals surface area contributed by atoms with Crippen LogP contribution in [0.5, 0.6) is 5.75 Å². The van der Waals surface area contributed by atoms with E-state index in [1.807, 2.05) is 18.2 Å². The Morgan fingerprint density at radius 2 is 1.84 bits per heavy atom. The summed E-state index contributed by atoms with van der Waals surface area (Å²) in [5, 5.41) is 3.78. The van der Waals surface area contributed by atoms with Crippen LogP contribution in [0.1, 0.15) is 36.3 Å². The summed E-state index contributed by atoms with van der Waals surface area (Å²) in [5.74, 6) is 1.29. The maximum Gasteiger partial charge on any atom is 0.248 e. The molecule has 1 aromatic carbocycles. The summed E-state index contributed by atoms with van der Waals surface area (Å²) in [4.78, 5) is 0.207. The Morgan fingerprint density at radius 1 is 1.12 bits per heavy atom. The predicted molar refractivity (Wildman–Crippen MR) is 92.1 cm³/mol. The molecule has 1 saturated heterocycles. The summed E-state index contributed by atoms with van der Waals surface area (Å²) in [6.07, 6.45) is 3.31. The van der Waals surface area contributed by atoms with Crippen molar-refractivity contribution in [3.63, 3.8) is 0 Å². The van der Waals surface area contributed by atoms with E-state index in [1.54, 1.807) is 13.8 Å². The summed E-state index contributed by atoms with van der Waals surface area (Å²) in [7, 11) is -3.57. The molecule has 2 aliphatic rings. The highest BCUT2D eigenvalue weighted by atomic mass is 32.2. The number of sulfonamides is 1. The van der Waals surface area contributed by atoms with Gasteiger partial charge in [0.05, 0.1) is 0 Å². The van der Waals surface area contributed by atoms with Gasteiger partial charge in [-0.3, -0.25) is 0 Å². The number of fused-ring (bicyclic) bond motifs is 1. The fourth-order valence-corrected chi connectivity index (χ4v) is 5.65. The number of aryl methyl sites for hydroxylation is 3. The molecule has 0 bridgehead atoms. The zero-order chi connectivity index (χ0) is 17.7. The van der Waals surface area contributed by atoms with Crippen LogP contribution in [0.4, 0.5) is 0 Å². The van der Waals surface area contributed by atoms with Crippen molar-refractivity contribution in [1.29, 1.82) is 0 Å². The summed E-state index contributed by atoms with van der Waals surface area (Å²) >= 11 is 0. The van der Waals surface area contributed by atoms with E-state index in [0.29, 0.717) is 37.4 Å². The predicted octanol–water partition coefficient (Wildman–Crippen LogP) is 2.84. The van der Waals surface area contributed by atoms with E-state index in [9.17, 15) is 8.42 Å². The molecule has 1 spiro atoms. The van der Waals surface area contributed by atoms with E-state index in [-0.39, 0.29) is 10.5 Å². The highest BCUT2D eigenvalue weighted by Gasteiger charge is 2.43. The quantitative estimate of drug-likeness (QED) is 0.821. The van der Waals surface area contributed by atoms with E-state index >= 15 is 0 Å². The minimum atomic E-state index is -3.57. The van der Waals surface area contributed by atoms with Gasteiger partial charge in [0.15, 0.2) is 5.76 Å². The number of ether oxygens (including phenoxy) is 1. The molecular formula is C18H22N2O4S. The van der Waals surface area contributed by atoms with Crippen LogP contribution < -0.4 is 4.74 Å². The zero-order valence-corrected chi connectivity index (χ0v) is 15.3. The van der Waals surface area contributed by atoms with Crippen molar-refractivity contribution >= 4 is 10.0 Å². The van der Waals surface area contributed by atoms with Gasteiger partial charge in [-0.15, -0.1) is 0 Å². The van der Waals surface area contributed by atoms with E-state index in [4.69, 9.17) is 9.26 Å². The average Bonchev–Trinajstić information content (AvgIpc) is 2.94. The Kier molecular flexibility index (Phi) is 3.88. The third kappa shape index (κ3) is 2.75. The van der Waals surface area contributed by atoms with E-state index < -0.39 is 10.0 Å². The Balaban J connectivity index is 1.53. The van der Waals surface area contributed by atoms with Gasteiger partial charge >= 0.3 is 0 Å². The molecule has 0 unspecified atom stereocenters. The lowest BCUT2D eigenvalue weighted by Crippen LogP contribution is -2.51. The standard InChI is InChI=1S/C18H22N2O4S/c1-13-17(14(2)24-19-13)25(21,22)20-11-9-18(10-12-20)8-7-15-5-3-4-6-16(15)23-18/h3-6H,7-12H2,1-2H3. The van der Waals surface area contributed by atoms with E-state index in [1.165, 1.54) is 9.87 Å². The van der Waals surface area contributed by atoms with Crippen LogP contribution >= 0.6 is 0 Å².